The summed E-state index contributed by atoms with van der Waals surface area (Å²) in [6, 6.07) is 17.6. The molecule has 8 heteroatoms. The topological polar surface area (TPSA) is 101 Å². The smallest absolute Gasteiger partial charge is 0.213 e. The molecule has 0 amide bonds. The van der Waals surface area contributed by atoms with Gasteiger partial charge in [0.2, 0.25) is 10.0 Å². The summed E-state index contributed by atoms with van der Waals surface area (Å²) in [5, 5.41) is 8.42. The molecule has 0 spiro atoms. The van der Waals surface area contributed by atoms with Gasteiger partial charge in [0.25, 0.3) is 0 Å². The van der Waals surface area contributed by atoms with Gasteiger partial charge in [-0.25, -0.2) is 23.5 Å². The van der Waals surface area contributed by atoms with Gasteiger partial charge in [-0.2, -0.15) is 0 Å². The van der Waals surface area contributed by atoms with Crippen molar-refractivity contribution < 1.29 is 8.42 Å². The van der Waals surface area contributed by atoms with E-state index in [2.05, 4.69) is 51.4 Å². The lowest BCUT2D eigenvalue weighted by atomic mass is 9.93. The molecule has 0 bridgehead atoms. The lowest BCUT2D eigenvalue weighted by Gasteiger charge is -2.32. The Bertz CT molecular complexity index is 1210. The van der Waals surface area contributed by atoms with Crippen molar-refractivity contribution in [2.75, 3.05) is 18.4 Å². The maximum absolute atomic E-state index is 11.4. The minimum Gasteiger partial charge on any atom is -0.340 e. The van der Waals surface area contributed by atoms with Gasteiger partial charge >= 0.3 is 0 Å². The molecule has 2 aromatic carbocycles. The Kier molecular flexibility index (Phi) is 7.92. The predicted molar refractivity (Wildman–Crippen MR) is 137 cm³/mol. The Balaban J connectivity index is 1.46. The van der Waals surface area contributed by atoms with Crippen LogP contribution in [0.25, 0.3) is 11.3 Å². The van der Waals surface area contributed by atoms with Gasteiger partial charge in [-0.3, -0.25) is 4.90 Å². The van der Waals surface area contributed by atoms with Crippen LogP contribution in [0.4, 0.5) is 11.5 Å². The second-order valence-corrected chi connectivity index (χ2v) is 10.8. The van der Waals surface area contributed by atoms with E-state index >= 15 is 0 Å². The minimum absolute atomic E-state index is 0.208. The molecule has 1 atom stereocenters. The number of sulfonamides is 1. The summed E-state index contributed by atoms with van der Waals surface area (Å²) in [6.45, 7) is 5.58. The zero-order chi connectivity index (χ0) is 24.0. The summed E-state index contributed by atoms with van der Waals surface area (Å²) in [6.07, 6.45) is 6.75. The molecule has 0 radical (unpaired) electrons. The molecule has 0 saturated carbocycles. The zero-order valence-corrected chi connectivity index (χ0v) is 20.5. The molecule has 1 saturated heterocycles. The van der Waals surface area contributed by atoms with Crippen LogP contribution in [-0.2, 0) is 22.3 Å². The number of anilines is 2. The van der Waals surface area contributed by atoms with Gasteiger partial charge in [-0.1, -0.05) is 43.7 Å². The van der Waals surface area contributed by atoms with E-state index in [0.717, 1.165) is 36.0 Å². The SMILES string of the molecule is CCCC1CCCN(Cc2cccc(-c3cc(Nc4cccc(CS(N)(=O)=O)c4)ncn3)c2)C1. The Labute approximate surface area is 202 Å². The van der Waals surface area contributed by atoms with Crippen LogP contribution >= 0.6 is 0 Å². The second-order valence-electron chi connectivity index (χ2n) is 9.15. The van der Waals surface area contributed by atoms with Crippen molar-refractivity contribution in [3.05, 3.63) is 72.1 Å². The van der Waals surface area contributed by atoms with E-state index in [1.807, 2.05) is 12.1 Å². The zero-order valence-electron chi connectivity index (χ0n) is 19.7. The van der Waals surface area contributed by atoms with E-state index in [4.69, 9.17) is 5.14 Å². The van der Waals surface area contributed by atoms with Crippen LogP contribution in [0.3, 0.4) is 0 Å². The normalized spacial score (nSPS) is 16.9. The van der Waals surface area contributed by atoms with E-state index in [-0.39, 0.29) is 5.75 Å². The van der Waals surface area contributed by atoms with Crippen molar-refractivity contribution in [1.82, 2.24) is 14.9 Å². The van der Waals surface area contributed by atoms with Crippen LogP contribution in [0.15, 0.2) is 60.9 Å². The first-order valence-corrected chi connectivity index (χ1v) is 13.6. The van der Waals surface area contributed by atoms with Crippen LogP contribution in [0.1, 0.15) is 43.7 Å². The maximum atomic E-state index is 11.4. The first-order chi connectivity index (χ1) is 16.4. The molecule has 34 heavy (non-hydrogen) atoms. The third kappa shape index (κ3) is 7.09. The van der Waals surface area contributed by atoms with E-state index in [9.17, 15) is 8.42 Å². The van der Waals surface area contributed by atoms with Crippen molar-refractivity contribution in [1.29, 1.82) is 0 Å². The average Bonchev–Trinajstić information content (AvgIpc) is 2.79. The number of nitrogens with zero attached hydrogens (tertiary/aromatic N) is 3. The molecular weight excluding hydrogens is 446 g/mol. The minimum atomic E-state index is -3.59. The summed E-state index contributed by atoms with van der Waals surface area (Å²) in [5.41, 5.74) is 4.54. The molecular formula is C26H33N5O2S. The van der Waals surface area contributed by atoms with Gasteiger partial charge in [0.05, 0.1) is 11.4 Å². The molecule has 1 fully saturated rings. The van der Waals surface area contributed by atoms with Gasteiger partial charge < -0.3 is 5.32 Å². The predicted octanol–water partition coefficient (Wildman–Crippen LogP) is 4.69. The molecule has 1 aromatic heterocycles. The molecule has 4 rings (SSSR count). The summed E-state index contributed by atoms with van der Waals surface area (Å²) >= 11 is 0. The Hall–Kier alpha value is -2.81. The number of hydrogen-bond donors (Lipinski definition) is 2. The largest absolute Gasteiger partial charge is 0.340 e. The maximum Gasteiger partial charge on any atom is 0.213 e. The number of rotatable bonds is 9. The van der Waals surface area contributed by atoms with Gasteiger partial charge in [0.15, 0.2) is 0 Å². The van der Waals surface area contributed by atoms with E-state index in [0.29, 0.717) is 11.4 Å². The highest BCUT2D eigenvalue weighted by Gasteiger charge is 2.19. The van der Waals surface area contributed by atoms with Crippen molar-refractivity contribution in [2.45, 2.75) is 44.9 Å². The Morgan fingerprint density at radius 1 is 1.09 bits per heavy atom. The van der Waals surface area contributed by atoms with E-state index in [1.54, 1.807) is 24.5 Å². The van der Waals surface area contributed by atoms with Crippen molar-refractivity contribution in [2.24, 2.45) is 11.1 Å². The standard InChI is InChI=1S/C26H33N5O2S/c1-2-6-20-9-5-12-31(16-20)17-21-7-3-10-23(13-21)25-15-26(29-19-28-25)30-24-11-4-8-22(14-24)18-34(27,32)33/h3-4,7-8,10-11,13-15,19-20H,2,5-6,9,12,16-18H2,1H3,(H2,27,32,33)(H,28,29,30). The fourth-order valence-electron chi connectivity index (χ4n) is 4.73. The first kappa shape index (κ1) is 24.3. The lowest BCUT2D eigenvalue weighted by Crippen LogP contribution is -2.34. The number of nitrogens with two attached hydrogens (primary N) is 1. The molecule has 7 nitrogen and oxygen atoms in total. The molecule has 3 aromatic rings. The molecule has 1 unspecified atom stereocenters. The van der Waals surface area contributed by atoms with Crippen molar-refractivity contribution in [3.8, 4) is 11.3 Å². The molecule has 1 aliphatic heterocycles. The Morgan fingerprint density at radius 3 is 2.74 bits per heavy atom. The van der Waals surface area contributed by atoms with Crippen LogP contribution in [0.5, 0.6) is 0 Å². The monoisotopic (exact) mass is 479 g/mol. The summed E-state index contributed by atoms with van der Waals surface area (Å²) in [4.78, 5) is 11.4. The van der Waals surface area contributed by atoms with Gasteiger partial charge in [-0.15, -0.1) is 0 Å². The average molecular weight is 480 g/mol. The Morgan fingerprint density at radius 2 is 1.91 bits per heavy atom. The number of piperidine rings is 1. The van der Waals surface area contributed by atoms with Gasteiger partial charge in [0, 0.05) is 30.4 Å². The summed E-state index contributed by atoms with van der Waals surface area (Å²) in [7, 11) is -3.59. The third-order valence-corrected chi connectivity index (χ3v) is 6.90. The number of likely N-dealkylation sites (tertiary alicyclic amines) is 1. The number of aromatic nitrogens is 2. The fraction of sp³-hybridized carbons (Fsp3) is 0.385. The highest BCUT2D eigenvalue weighted by atomic mass is 32.2. The highest BCUT2D eigenvalue weighted by Crippen LogP contribution is 2.25. The number of benzene rings is 2. The molecule has 180 valence electrons. The summed E-state index contributed by atoms with van der Waals surface area (Å²) in [5.74, 6) is 1.25. The fourth-order valence-corrected chi connectivity index (χ4v) is 5.37. The van der Waals surface area contributed by atoms with Crippen LogP contribution in [0.2, 0.25) is 0 Å². The molecule has 2 heterocycles. The number of nitrogens with one attached hydrogen (secondary N) is 1. The van der Waals surface area contributed by atoms with Gasteiger partial charge in [0.1, 0.15) is 12.1 Å². The van der Waals surface area contributed by atoms with E-state index < -0.39 is 10.0 Å². The number of hydrogen-bond acceptors (Lipinski definition) is 6. The van der Waals surface area contributed by atoms with Crippen molar-refractivity contribution >= 4 is 21.5 Å². The van der Waals surface area contributed by atoms with Crippen LogP contribution < -0.4 is 10.5 Å². The van der Waals surface area contributed by atoms with Crippen molar-refractivity contribution in [3.63, 3.8) is 0 Å². The first-order valence-electron chi connectivity index (χ1n) is 11.9. The quantitative estimate of drug-likeness (QED) is 0.462. The second kappa shape index (κ2) is 11.1. The number of primary sulfonamides is 1. The van der Waals surface area contributed by atoms with Gasteiger partial charge in [-0.05, 0) is 61.1 Å². The van der Waals surface area contributed by atoms with Crippen LogP contribution in [0, 0.1) is 5.92 Å². The van der Waals surface area contributed by atoms with Crippen LogP contribution in [-0.4, -0.2) is 36.4 Å². The molecule has 0 aliphatic carbocycles. The highest BCUT2D eigenvalue weighted by molar-refractivity contribution is 7.88. The summed E-state index contributed by atoms with van der Waals surface area (Å²) < 4.78 is 22.8. The third-order valence-electron chi connectivity index (χ3n) is 6.16. The lowest BCUT2D eigenvalue weighted by molar-refractivity contribution is 0.161. The van der Waals surface area contributed by atoms with E-state index in [1.165, 1.54) is 37.8 Å². The molecule has 3 N–H and O–H groups in total. The molecule has 1 aliphatic rings.